The summed E-state index contributed by atoms with van der Waals surface area (Å²) in [6.45, 7) is 2.04. The van der Waals surface area contributed by atoms with Gasteiger partial charge in [-0.25, -0.2) is 8.78 Å². The molecular formula is C13H16F2N2O. The van der Waals surface area contributed by atoms with Crippen LogP contribution >= 0.6 is 0 Å². The van der Waals surface area contributed by atoms with Crippen molar-refractivity contribution in [2.75, 3.05) is 19.6 Å². The summed E-state index contributed by atoms with van der Waals surface area (Å²) >= 11 is 0. The molecule has 3 nitrogen and oxygen atoms in total. The predicted octanol–water partition coefficient (Wildman–Crippen LogP) is 1.23. The monoisotopic (exact) mass is 254 g/mol. The normalized spacial score (nSPS) is 18.9. The van der Waals surface area contributed by atoms with Crippen LogP contribution in [0.4, 0.5) is 8.78 Å². The average Bonchev–Trinajstić information content (AvgIpc) is 2.87. The number of hydrogen-bond acceptors (Lipinski definition) is 2. The van der Waals surface area contributed by atoms with Crippen molar-refractivity contribution >= 4 is 5.91 Å². The van der Waals surface area contributed by atoms with Gasteiger partial charge in [-0.15, -0.1) is 0 Å². The third kappa shape index (κ3) is 3.26. The summed E-state index contributed by atoms with van der Waals surface area (Å²) in [5, 5.41) is 5.93. The molecule has 1 fully saturated rings. The van der Waals surface area contributed by atoms with Crippen molar-refractivity contribution < 1.29 is 13.6 Å². The van der Waals surface area contributed by atoms with Crippen molar-refractivity contribution in [2.24, 2.45) is 5.92 Å². The number of halogens is 2. The molecule has 5 heteroatoms. The van der Waals surface area contributed by atoms with E-state index in [1.54, 1.807) is 0 Å². The Kier molecular flexibility index (Phi) is 4.25. The van der Waals surface area contributed by atoms with Crippen LogP contribution in [0.5, 0.6) is 0 Å². The molecule has 2 N–H and O–H groups in total. The zero-order valence-corrected chi connectivity index (χ0v) is 10.0. The molecular weight excluding hydrogens is 238 g/mol. The van der Waals surface area contributed by atoms with E-state index in [-0.39, 0.29) is 11.8 Å². The van der Waals surface area contributed by atoms with Crippen molar-refractivity contribution in [3.63, 3.8) is 0 Å². The number of amides is 1. The maximum Gasteiger partial charge on any atom is 0.224 e. The Morgan fingerprint density at radius 1 is 1.39 bits per heavy atom. The van der Waals surface area contributed by atoms with Crippen LogP contribution in [0.2, 0.25) is 0 Å². The lowest BCUT2D eigenvalue weighted by Crippen LogP contribution is -2.33. The molecule has 18 heavy (non-hydrogen) atoms. The van der Waals surface area contributed by atoms with Gasteiger partial charge in [-0.1, -0.05) is 6.07 Å². The van der Waals surface area contributed by atoms with Gasteiger partial charge in [0, 0.05) is 13.1 Å². The van der Waals surface area contributed by atoms with Gasteiger partial charge < -0.3 is 10.6 Å². The Bertz CT molecular complexity index is 431. The van der Waals surface area contributed by atoms with Crippen molar-refractivity contribution in [2.45, 2.75) is 12.8 Å². The Hall–Kier alpha value is -1.49. The van der Waals surface area contributed by atoms with Crippen LogP contribution in [0.1, 0.15) is 12.0 Å². The first kappa shape index (κ1) is 13.0. The van der Waals surface area contributed by atoms with E-state index in [9.17, 15) is 13.6 Å². The van der Waals surface area contributed by atoms with Gasteiger partial charge in [0.25, 0.3) is 0 Å². The molecule has 0 aromatic heterocycles. The van der Waals surface area contributed by atoms with E-state index < -0.39 is 11.6 Å². The first-order chi connectivity index (χ1) is 8.66. The molecule has 0 spiro atoms. The number of nitrogens with one attached hydrogen (secondary N) is 2. The molecule has 1 aliphatic rings. The molecule has 1 heterocycles. The molecule has 1 aliphatic heterocycles. The van der Waals surface area contributed by atoms with Gasteiger partial charge in [0.2, 0.25) is 5.91 Å². The van der Waals surface area contributed by atoms with Crippen LogP contribution < -0.4 is 10.6 Å². The minimum atomic E-state index is -0.848. The zero-order valence-electron chi connectivity index (χ0n) is 10.0. The third-order valence-electron chi connectivity index (χ3n) is 3.13. The molecule has 2 rings (SSSR count). The highest BCUT2D eigenvalue weighted by Gasteiger charge is 2.21. The van der Waals surface area contributed by atoms with Crippen molar-refractivity contribution in [3.8, 4) is 0 Å². The average molecular weight is 254 g/mol. The maximum atomic E-state index is 12.9. The second-order valence-electron chi connectivity index (χ2n) is 4.48. The molecule has 1 aromatic rings. The largest absolute Gasteiger partial charge is 0.355 e. The molecule has 98 valence electrons. The second kappa shape index (κ2) is 5.91. The van der Waals surface area contributed by atoms with Gasteiger partial charge in [0.05, 0.1) is 5.92 Å². The molecule has 0 saturated carbocycles. The Balaban J connectivity index is 1.77. The van der Waals surface area contributed by atoms with E-state index in [1.807, 2.05) is 0 Å². The van der Waals surface area contributed by atoms with Crippen LogP contribution in [-0.4, -0.2) is 25.5 Å². The van der Waals surface area contributed by atoms with Crippen molar-refractivity contribution in [1.29, 1.82) is 0 Å². The minimum absolute atomic E-state index is 0.0302. The van der Waals surface area contributed by atoms with Crippen LogP contribution in [0.3, 0.4) is 0 Å². The van der Waals surface area contributed by atoms with Crippen LogP contribution in [0.15, 0.2) is 18.2 Å². The second-order valence-corrected chi connectivity index (χ2v) is 4.48. The van der Waals surface area contributed by atoms with Gasteiger partial charge in [0.1, 0.15) is 0 Å². The smallest absolute Gasteiger partial charge is 0.224 e. The van der Waals surface area contributed by atoms with Gasteiger partial charge in [-0.05, 0) is 37.1 Å². The lowest BCUT2D eigenvalue weighted by Gasteiger charge is -2.09. The number of benzene rings is 1. The van der Waals surface area contributed by atoms with E-state index in [0.29, 0.717) is 18.5 Å². The molecule has 1 amide bonds. The molecule has 0 radical (unpaired) electrons. The summed E-state index contributed by atoms with van der Waals surface area (Å²) in [6, 6.07) is 3.80. The fourth-order valence-electron chi connectivity index (χ4n) is 2.05. The summed E-state index contributed by atoms with van der Waals surface area (Å²) < 4.78 is 25.6. The highest BCUT2D eigenvalue weighted by molar-refractivity contribution is 5.79. The topological polar surface area (TPSA) is 41.1 Å². The molecule has 1 atom stereocenters. The Labute approximate surface area is 105 Å². The van der Waals surface area contributed by atoms with Crippen molar-refractivity contribution in [3.05, 3.63) is 35.4 Å². The van der Waals surface area contributed by atoms with Gasteiger partial charge in [-0.2, -0.15) is 0 Å². The lowest BCUT2D eigenvalue weighted by atomic mass is 10.1. The van der Waals surface area contributed by atoms with Crippen LogP contribution in [0.25, 0.3) is 0 Å². The summed E-state index contributed by atoms with van der Waals surface area (Å²) in [7, 11) is 0. The number of carbonyl (C=O) groups is 1. The lowest BCUT2D eigenvalue weighted by molar-refractivity contribution is -0.124. The Morgan fingerprint density at radius 3 is 2.89 bits per heavy atom. The fraction of sp³-hybridized carbons (Fsp3) is 0.462. The number of rotatable bonds is 4. The summed E-state index contributed by atoms with van der Waals surface area (Å²) in [6.07, 6.45) is 1.36. The summed E-state index contributed by atoms with van der Waals surface area (Å²) in [5.41, 5.74) is 0.679. The van der Waals surface area contributed by atoms with E-state index in [2.05, 4.69) is 10.6 Å². The first-order valence-electron chi connectivity index (χ1n) is 6.09. The molecule has 0 aliphatic carbocycles. The predicted molar refractivity (Wildman–Crippen MR) is 64.0 cm³/mol. The van der Waals surface area contributed by atoms with Gasteiger partial charge >= 0.3 is 0 Å². The SMILES string of the molecule is O=C(NCCc1ccc(F)c(F)c1)C1CCNC1. The van der Waals surface area contributed by atoms with E-state index in [1.165, 1.54) is 12.1 Å². The quantitative estimate of drug-likeness (QED) is 0.848. The van der Waals surface area contributed by atoms with E-state index >= 15 is 0 Å². The van der Waals surface area contributed by atoms with Crippen molar-refractivity contribution in [1.82, 2.24) is 10.6 Å². The summed E-state index contributed by atoms with van der Waals surface area (Å²) in [5.74, 6) is -1.63. The van der Waals surface area contributed by atoms with Gasteiger partial charge in [0.15, 0.2) is 11.6 Å². The molecule has 1 aromatic carbocycles. The highest BCUT2D eigenvalue weighted by Crippen LogP contribution is 2.09. The molecule has 0 bridgehead atoms. The van der Waals surface area contributed by atoms with Gasteiger partial charge in [-0.3, -0.25) is 4.79 Å². The molecule has 1 unspecified atom stereocenters. The molecule has 1 saturated heterocycles. The number of hydrogen-bond donors (Lipinski definition) is 2. The first-order valence-corrected chi connectivity index (χ1v) is 6.09. The van der Waals surface area contributed by atoms with E-state index in [0.717, 1.165) is 25.6 Å². The maximum absolute atomic E-state index is 12.9. The fourth-order valence-corrected chi connectivity index (χ4v) is 2.05. The minimum Gasteiger partial charge on any atom is -0.355 e. The zero-order chi connectivity index (χ0) is 13.0. The van der Waals surface area contributed by atoms with Crippen LogP contribution in [-0.2, 0) is 11.2 Å². The third-order valence-corrected chi connectivity index (χ3v) is 3.13. The summed E-state index contributed by atoms with van der Waals surface area (Å²) in [4.78, 5) is 11.7. The number of carbonyl (C=O) groups excluding carboxylic acids is 1. The Morgan fingerprint density at radius 2 is 2.22 bits per heavy atom. The van der Waals surface area contributed by atoms with Crippen LogP contribution in [0, 0.1) is 17.6 Å². The standard InChI is InChI=1S/C13H16F2N2O/c14-11-2-1-9(7-12(11)15)3-6-17-13(18)10-4-5-16-8-10/h1-2,7,10,16H,3-6,8H2,(H,17,18). The highest BCUT2D eigenvalue weighted by atomic mass is 19.2. The van der Waals surface area contributed by atoms with E-state index in [4.69, 9.17) is 0 Å².